The predicted molar refractivity (Wildman–Crippen MR) is 75.4 cm³/mol. The zero-order valence-corrected chi connectivity index (χ0v) is 11.6. The third-order valence-electron chi connectivity index (χ3n) is 2.97. The number of anilines is 1. The van der Waals surface area contributed by atoms with Crippen LogP contribution in [0.5, 0.6) is 0 Å². The average Bonchev–Trinajstić information content (AvgIpc) is 2.85. The predicted octanol–water partition coefficient (Wildman–Crippen LogP) is 1.04. The van der Waals surface area contributed by atoms with Gasteiger partial charge >= 0.3 is 0 Å². The first kappa shape index (κ1) is 14.1. The number of tetrazole rings is 1. The molecule has 0 bridgehead atoms. The van der Waals surface area contributed by atoms with E-state index < -0.39 is 0 Å². The fraction of sp³-hybridized carbons (Fsp3) is 0.385. The number of carbonyl (C=O) groups excluding carboxylic acids is 1. The van der Waals surface area contributed by atoms with Crippen molar-refractivity contribution in [3.8, 4) is 5.69 Å². The topological polar surface area (TPSA) is 98.7 Å². The van der Waals surface area contributed by atoms with E-state index in [0.29, 0.717) is 17.9 Å². The first-order valence-electron chi connectivity index (χ1n) is 6.51. The maximum Gasteiger partial charge on any atom is 0.225 e. The Hall–Kier alpha value is -2.28. The van der Waals surface area contributed by atoms with E-state index in [9.17, 15) is 4.79 Å². The molecule has 1 heterocycles. The van der Waals surface area contributed by atoms with Gasteiger partial charge in [0.05, 0.1) is 5.69 Å². The minimum absolute atomic E-state index is 0.0927. The molecule has 2 rings (SSSR count). The van der Waals surface area contributed by atoms with Gasteiger partial charge in [-0.1, -0.05) is 13.0 Å². The van der Waals surface area contributed by atoms with Crippen molar-refractivity contribution in [1.29, 1.82) is 0 Å². The maximum atomic E-state index is 11.8. The van der Waals surface area contributed by atoms with Crippen LogP contribution in [0, 0.1) is 6.92 Å². The first-order chi connectivity index (χ1) is 9.60. The third-order valence-corrected chi connectivity index (χ3v) is 2.97. The summed E-state index contributed by atoms with van der Waals surface area (Å²) in [4.78, 5) is 11.8. The van der Waals surface area contributed by atoms with Crippen molar-refractivity contribution >= 4 is 11.6 Å². The number of hydrogen-bond acceptors (Lipinski definition) is 5. The van der Waals surface area contributed by atoms with E-state index in [4.69, 9.17) is 5.73 Å². The molecule has 1 aromatic carbocycles. The quantitative estimate of drug-likeness (QED) is 0.848. The number of rotatable bonds is 5. The van der Waals surface area contributed by atoms with Gasteiger partial charge in [0, 0.05) is 18.2 Å². The van der Waals surface area contributed by atoms with Crippen LogP contribution in [0.25, 0.3) is 5.69 Å². The van der Waals surface area contributed by atoms with Crippen LogP contribution in [0.15, 0.2) is 24.3 Å². The van der Waals surface area contributed by atoms with Crippen LogP contribution < -0.4 is 11.1 Å². The fourth-order valence-electron chi connectivity index (χ4n) is 1.78. The molecule has 20 heavy (non-hydrogen) atoms. The molecule has 2 aromatic rings. The van der Waals surface area contributed by atoms with Crippen molar-refractivity contribution in [1.82, 2.24) is 20.2 Å². The van der Waals surface area contributed by atoms with E-state index in [1.807, 2.05) is 38.1 Å². The van der Waals surface area contributed by atoms with E-state index in [1.54, 1.807) is 4.68 Å². The summed E-state index contributed by atoms with van der Waals surface area (Å²) >= 11 is 0. The number of amides is 1. The molecule has 0 aliphatic carbocycles. The Kier molecular flexibility index (Phi) is 4.41. The molecule has 1 unspecified atom stereocenters. The largest absolute Gasteiger partial charge is 0.327 e. The van der Waals surface area contributed by atoms with E-state index in [1.165, 1.54) is 0 Å². The molecular weight excluding hydrogens is 256 g/mol. The SMILES string of the molecule is CCC(N)CC(=O)Nc1cccc(-n2nnnc2C)c1. The number of carbonyl (C=O) groups is 1. The molecule has 0 spiro atoms. The van der Waals surface area contributed by atoms with E-state index >= 15 is 0 Å². The standard InChI is InChI=1S/C13H18N6O/c1-3-10(14)7-13(20)15-11-5-4-6-12(8-11)19-9(2)16-17-18-19/h4-6,8,10H,3,7,14H2,1-2H3,(H,15,20). The van der Waals surface area contributed by atoms with E-state index in [2.05, 4.69) is 20.8 Å². The van der Waals surface area contributed by atoms with Crippen molar-refractivity contribution in [3.05, 3.63) is 30.1 Å². The second-order valence-corrected chi connectivity index (χ2v) is 4.61. The Morgan fingerprint density at radius 3 is 2.95 bits per heavy atom. The van der Waals surface area contributed by atoms with Crippen molar-refractivity contribution in [3.63, 3.8) is 0 Å². The summed E-state index contributed by atoms with van der Waals surface area (Å²) in [6.07, 6.45) is 1.09. The summed E-state index contributed by atoms with van der Waals surface area (Å²) in [7, 11) is 0. The number of nitrogens with zero attached hydrogens (tertiary/aromatic N) is 4. The Morgan fingerprint density at radius 1 is 1.50 bits per heavy atom. The molecule has 1 amide bonds. The molecule has 3 N–H and O–H groups in total. The molecule has 7 nitrogen and oxygen atoms in total. The summed E-state index contributed by atoms with van der Waals surface area (Å²) in [5.74, 6) is 0.589. The second-order valence-electron chi connectivity index (χ2n) is 4.61. The Balaban J connectivity index is 2.11. The second kappa shape index (κ2) is 6.25. The third kappa shape index (κ3) is 3.39. The number of aromatic nitrogens is 4. The monoisotopic (exact) mass is 274 g/mol. The highest BCUT2D eigenvalue weighted by molar-refractivity contribution is 5.91. The molecule has 0 fully saturated rings. The number of nitrogens with one attached hydrogen (secondary N) is 1. The van der Waals surface area contributed by atoms with Gasteiger partial charge in [0.1, 0.15) is 0 Å². The Morgan fingerprint density at radius 2 is 2.30 bits per heavy atom. The lowest BCUT2D eigenvalue weighted by Crippen LogP contribution is -2.26. The van der Waals surface area contributed by atoms with Crippen LogP contribution in [0.3, 0.4) is 0 Å². The minimum atomic E-state index is -0.111. The van der Waals surface area contributed by atoms with Gasteiger partial charge in [-0.2, -0.15) is 4.68 Å². The zero-order chi connectivity index (χ0) is 14.5. The summed E-state index contributed by atoms with van der Waals surface area (Å²) < 4.78 is 1.60. The van der Waals surface area contributed by atoms with Gasteiger partial charge in [0.2, 0.25) is 5.91 Å². The van der Waals surface area contributed by atoms with Crippen LogP contribution >= 0.6 is 0 Å². The smallest absolute Gasteiger partial charge is 0.225 e. The molecule has 0 aliphatic rings. The molecular formula is C13H18N6O. The lowest BCUT2D eigenvalue weighted by Gasteiger charge is -2.10. The maximum absolute atomic E-state index is 11.8. The van der Waals surface area contributed by atoms with Gasteiger partial charge < -0.3 is 11.1 Å². The van der Waals surface area contributed by atoms with Crippen LogP contribution in [0.4, 0.5) is 5.69 Å². The summed E-state index contributed by atoms with van der Waals surface area (Å²) in [6, 6.07) is 7.24. The van der Waals surface area contributed by atoms with Gasteiger partial charge in [-0.25, -0.2) is 0 Å². The van der Waals surface area contributed by atoms with Crippen LogP contribution in [-0.2, 0) is 4.79 Å². The first-order valence-corrected chi connectivity index (χ1v) is 6.51. The van der Waals surface area contributed by atoms with Crippen molar-refractivity contribution in [2.24, 2.45) is 5.73 Å². The van der Waals surface area contributed by atoms with Crippen LogP contribution in [0.1, 0.15) is 25.6 Å². The molecule has 1 atom stereocenters. The number of aryl methyl sites for hydroxylation is 1. The summed E-state index contributed by atoms with van der Waals surface area (Å²) in [5, 5.41) is 14.1. The number of nitrogens with two attached hydrogens (primary N) is 1. The molecule has 1 aromatic heterocycles. The summed E-state index contributed by atoms with van der Waals surface area (Å²) in [5.41, 5.74) is 7.26. The van der Waals surface area contributed by atoms with Crippen molar-refractivity contribution in [2.75, 3.05) is 5.32 Å². The molecule has 0 radical (unpaired) electrons. The van der Waals surface area contributed by atoms with Gasteiger partial charge in [-0.15, -0.1) is 5.10 Å². The molecule has 106 valence electrons. The number of benzene rings is 1. The highest BCUT2D eigenvalue weighted by Gasteiger charge is 2.09. The van der Waals surface area contributed by atoms with Crippen molar-refractivity contribution in [2.45, 2.75) is 32.7 Å². The van der Waals surface area contributed by atoms with Gasteiger partial charge in [-0.3, -0.25) is 4.79 Å². The normalized spacial score (nSPS) is 12.2. The Bertz CT molecular complexity index is 594. The molecule has 7 heteroatoms. The van der Waals surface area contributed by atoms with Crippen LogP contribution in [0.2, 0.25) is 0 Å². The lowest BCUT2D eigenvalue weighted by molar-refractivity contribution is -0.116. The fourth-order valence-corrected chi connectivity index (χ4v) is 1.78. The summed E-state index contributed by atoms with van der Waals surface area (Å²) in [6.45, 7) is 3.77. The molecule has 0 saturated heterocycles. The number of hydrogen-bond donors (Lipinski definition) is 2. The van der Waals surface area contributed by atoms with E-state index in [0.717, 1.165) is 12.1 Å². The highest BCUT2D eigenvalue weighted by atomic mass is 16.1. The van der Waals surface area contributed by atoms with Gasteiger partial charge in [-0.05, 0) is 42.0 Å². The average molecular weight is 274 g/mol. The Labute approximate surface area is 117 Å². The molecule has 0 aliphatic heterocycles. The minimum Gasteiger partial charge on any atom is -0.327 e. The van der Waals surface area contributed by atoms with Gasteiger partial charge in [0.25, 0.3) is 0 Å². The lowest BCUT2D eigenvalue weighted by atomic mass is 10.1. The van der Waals surface area contributed by atoms with Crippen molar-refractivity contribution < 1.29 is 4.79 Å². The highest BCUT2D eigenvalue weighted by Crippen LogP contribution is 2.15. The van der Waals surface area contributed by atoms with Gasteiger partial charge in [0.15, 0.2) is 5.82 Å². The van der Waals surface area contributed by atoms with E-state index in [-0.39, 0.29) is 11.9 Å². The zero-order valence-electron chi connectivity index (χ0n) is 11.6. The van der Waals surface area contributed by atoms with Crippen LogP contribution in [-0.4, -0.2) is 32.2 Å². The molecule has 0 saturated carbocycles.